The molecule has 7 heteroatoms. The molecule has 6 nitrogen and oxygen atoms in total. The zero-order valence-electron chi connectivity index (χ0n) is 17.5. The van der Waals surface area contributed by atoms with Crippen LogP contribution in [0, 0.1) is 0 Å². The Labute approximate surface area is 195 Å². The van der Waals surface area contributed by atoms with Crippen LogP contribution in [0.2, 0.25) is 5.02 Å². The Hall–Kier alpha value is -3.90. The highest BCUT2D eigenvalue weighted by Gasteiger charge is 2.46. The number of para-hydroxylation sites is 1. The number of ketones is 1. The van der Waals surface area contributed by atoms with Gasteiger partial charge in [0, 0.05) is 46.6 Å². The fraction of sp³-hybridized carbons (Fsp3) is 0.115. The molecule has 3 heterocycles. The maximum atomic E-state index is 13.1. The molecule has 4 aromatic rings. The Morgan fingerprint density at radius 3 is 2.61 bits per heavy atom. The van der Waals surface area contributed by atoms with E-state index < -0.39 is 17.7 Å². The molecule has 0 spiro atoms. The van der Waals surface area contributed by atoms with Gasteiger partial charge >= 0.3 is 0 Å². The number of aromatic amines is 1. The monoisotopic (exact) mass is 457 g/mol. The highest BCUT2D eigenvalue weighted by molar-refractivity contribution is 6.46. The van der Waals surface area contributed by atoms with Gasteiger partial charge in [-0.05, 0) is 53.9 Å². The standard InChI is InChI=1S/C26H20ClN3O3/c27-19-9-7-16(8-10-19)24(31)22-23(18-4-3-12-28-14-18)30(26(33)25(22)32)13-11-17-15-29-21-6-2-1-5-20(17)21/h1-10,12,14-15,23,29,31H,11,13H2. The average molecular weight is 458 g/mol. The van der Waals surface area contributed by atoms with Crippen molar-refractivity contribution in [3.05, 3.63) is 107 Å². The number of carbonyl (C=O) groups is 2. The summed E-state index contributed by atoms with van der Waals surface area (Å²) in [6.07, 6.45) is 5.72. The Bertz CT molecular complexity index is 1380. The summed E-state index contributed by atoms with van der Waals surface area (Å²) >= 11 is 5.97. The fourth-order valence-corrected chi connectivity index (χ4v) is 4.46. The third kappa shape index (κ3) is 3.79. The zero-order chi connectivity index (χ0) is 22.9. The second kappa shape index (κ2) is 8.56. The van der Waals surface area contributed by atoms with Crippen LogP contribution in [0.3, 0.4) is 0 Å². The molecular formula is C26H20ClN3O3. The summed E-state index contributed by atoms with van der Waals surface area (Å²) in [6.45, 7) is 0.309. The van der Waals surface area contributed by atoms with E-state index in [1.807, 2.05) is 30.5 Å². The van der Waals surface area contributed by atoms with E-state index >= 15 is 0 Å². The molecule has 0 bridgehead atoms. The summed E-state index contributed by atoms with van der Waals surface area (Å²) < 4.78 is 0. The van der Waals surface area contributed by atoms with Crippen LogP contribution in [0.15, 0.2) is 84.8 Å². The Morgan fingerprint density at radius 1 is 1.06 bits per heavy atom. The lowest BCUT2D eigenvalue weighted by Gasteiger charge is -2.25. The predicted molar refractivity (Wildman–Crippen MR) is 127 cm³/mol. The molecule has 1 aliphatic heterocycles. The summed E-state index contributed by atoms with van der Waals surface area (Å²) in [5, 5.41) is 12.6. The van der Waals surface area contributed by atoms with Crippen LogP contribution in [0.4, 0.5) is 0 Å². The van der Waals surface area contributed by atoms with Crippen molar-refractivity contribution in [2.75, 3.05) is 6.54 Å². The molecule has 1 saturated heterocycles. The molecule has 33 heavy (non-hydrogen) atoms. The highest BCUT2D eigenvalue weighted by atomic mass is 35.5. The van der Waals surface area contributed by atoms with E-state index in [9.17, 15) is 14.7 Å². The Morgan fingerprint density at radius 2 is 1.85 bits per heavy atom. The van der Waals surface area contributed by atoms with E-state index in [2.05, 4.69) is 9.97 Å². The maximum Gasteiger partial charge on any atom is 0.295 e. The summed E-state index contributed by atoms with van der Waals surface area (Å²) in [5.41, 5.74) is 3.19. The van der Waals surface area contributed by atoms with Crippen LogP contribution in [0.5, 0.6) is 0 Å². The summed E-state index contributed by atoms with van der Waals surface area (Å²) in [7, 11) is 0. The average Bonchev–Trinajstić information content (AvgIpc) is 3.37. The number of hydrogen-bond acceptors (Lipinski definition) is 4. The van der Waals surface area contributed by atoms with Crippen molar-refractivity contribution in [3.8, 4) is 0 Å². The van der Waals surface area contributed by atoms with Gasteiger partial charge in [-0.15, -0.1) is 0 Å². The van der Waals surface area contributed by atoms with Crippen LogP contribution in [0.25, 0.3) is 16.7 Å². The van der Waals surface area contributed by atoms with Crippen LogP contribution in [-0.4, -0.2) is 38.2 Å². The predicted octanol–water partition coefficient (Wildman–Crippen LogP) is 4.88. The maximum absolute atomic E-state index is 13.1. The van der Waals surface area contributed by atoms with E-state index in [1.54, 1.807) is 48.8 Å². The number of benzene rings is 2. The van der Waals surface area contributed by atoms with Gasteiger partial charge in [0.25, 0.3) is 11.7 Å². The van der Waals surface area contributed by atoms with Gasteiger partial charge in [0.15, 0.2) is 0 Å². The number of hydrogen-bond donors (Lipinski definition) is 2. The fourth-order valence-electron chi connectivity index (χ4n) is 4.34. The number of halogens is 1. The minimum atomic E-state index is -0.736. The minimum absolute atomic E-state index is 0.0502. The van der Waals surface area contributed by atoms with Crippen LogP contribution in [0.1, 0.15) is 22.7 Å². The first-order valence-corrected chi connectivity index (χ1v) is 10.9. The van der Waals surface area contributed by atoms with Gasteiger partial charge < -0.3 is 15.0 Å². The number of likely N-dealkylation sites (tertiary alicyclic amines) is 1. The number of amides is 1. The van der Waals surface area contributed by atoms with Crippen molar-refractivity contribution in [2.24, 2.45) is 0 Å². The molecule has 2 aromatic carbocycles. The molecule has 1 fully saturated rings. The van der Waals surface area contributed by atoms with E-state index in [0.717, 1.165) is 16.5 Å². The van der Waals surface area contributed by atoms with Gasteiger partial charge in [-0.1, -0.05) is 35.9 Å². The molecule has 2 N–H and O–H groups in total. The molecule has 164 valence electrons. The molecular weight excluding hydrogens is 438 g/mol. The van der Waals surface area contributed by atoms with Gasteiger partial charge in [0.2, 0.25) is 0 Å². The van der Waals surface area contributed by atoms with Gasteiger partial charge in [0.1, 0.15) is 5.76 Å². The number of pyridine rings is 1. The zero-order valence-corrected chi connectivity index (χ0v) is 18.3. The van der Waals surface area contributed by atoms with E-state index in [-0.39, 0.29) is 11.3 Å². The van der Waals surface area contributed by atoms with E-state index in [0.29, 0.717) is 29.1 Å². The van der Waals surface area contributed by atoms with Gasteiger partial charge in [-0.2, -0.15) is 0 Å². The highest BCUT2D eigenvalue weighted by Crippen LogP contribution is 2.39. The van der Waals surface area contributed by atoms with Crippen LogP contribution >= 0.6 is 11.6 Å². The second-order valence-corrected chi connectivity index (χ2v) is 8.33. The number of H-pyrrole nitrogens is 1. The summed E-state index contributed by atoms with van der Waals surface area (Å²) in [4.78, 5) is 35.1. The lowest BCUT2D eigenvalue weighted by Crippen LogP contribution is -2.31. The molecule has 2 aromatic heterocycles. The molecule has 0 radical (unpaired) electrons. The molecule has 0 aliphatic carbocycles. The number of aliphatic hydroxyl groups is 1. The van der Waals surface area contributed by atoms with Gasteiger partial charge in [0.05, 0.1) is 11.6 Å². The number of aliphatic hydroxyl groups excluding tert-OH is 1. The van der Waals surface area contributed by atoms with Crippen molar-refractivity contribution in [1.82, 2.24) is 14.9 Å². The number of Topliss-reactive ketones (excluding diaryl/α,β-unsaturated/α-hetero) is 1. The molecule has 1 atom stereocenters. The van der Waals surface area contributed by atoms with Crippen LogP contribution < -0.4 is 0 Å². The molecule has 0 saturated carbocycles. The minimum Gasteiger partial charge on any atom is -0.507 e. The van der Waals surface area contributed by atoms with Crippen molar-refractivity contribution >= 4 is 40.0 Å². The van der Waals surface area contributed by atoms with E-state index in [4.69, 9.17) is 11.6 Å². The summed E-state index contributed by atoms with van der Waals surface area (Å²) in [5.74, 6) is -1.58. The third-order valence-corrected chi connectivity index (χ3v) is 6.21. The third-order valence-electron chi connectivity index (χ3n) is 5.95. The lowest BCUT2D eigenvalue weighted by molar-refractivity contribution is -0.139. The lowest BCUT2D eigenvalue weighted by atomic mass is 9.96. The molecule has 1 unspecified atom stereocenters. The molecule has 1 amide bonds. The number of aromatic nitrogens is 2. The second-order valence-electron chi connectivity index (χ2n) is 7.90. The normalized spacial score (nSPS) is 17.7. The SMILES string of the molecule is O=C1C(=O)N(CCc2c[nH]c3ccccc23)C(c2cccnc2)C1=C(O)c1ccc(Cl)cc1. The number of rotatable bonds is 5. The van der Waals surface area contributed by atoms with Crippen molar-refractivity contribution in [2.45, 2.75) is 12.5 Å². The Kier molecular flexibility index (Phi) is 5.44. The Balaban J connectivity index is 1.55. The number of nitrogens with zero attached hydrogens (tertiary/aromatic N) is 2. The largest absolute Gasteiger partial charge is 0.507 e. The van der Waals surface area contributed by atoms with Crippen molar-refractivity contribution in [3.63, 3.8) is 0 Å². The first kappa shape index (κ1) is 21.0. The van der Waals surface area contributed by atoms with Crippen LogP contribution in [-0.2, 0) is 16.0 Å². The smallest absolute Gasteiger partial charge is 0.295 e. The van der Waals surface area contributed by atoms with Gasteiger partial charge in [-0.3, -0.25) is 14.6 Å². The van der Waals surface area contributed by atoms with Gasteiger partial charge in [-0.25, -0.2) is 0 Å². The first-order chi connectivity index (χ1) is 16.0. The van der Waals surface area contributed by atoms with Crippen molar-refractivity contribution < 1.29 is 14.7 Å². The number of nitrogens with one attached hydrogen (secondary N) is 1. The molecule has 5 rings (SSSR count). The first-order valence-electron chi connectivity index (χ1n) is 10.5. The topological polar surface area (TPSA) is 86.3 Å². The van der Waals surface area contributed by atoms with E-state index in [1.165, 1.54) is 4.90 Å². The quantitative estimate of drug-likeness (QED) is 0.254. The summed E-state index contributed by atoms with van der Waals surface area (Å²) in [6, 6.07) is 17.3. The molecule has 1 aliphatic rings. The number of fused-ring (bicyclic) bond motifs is 1. The van der Waals surface area contributed by atoms with Crippen molar-refractivity contribution in [1.29, 1.82) is 0 Å². The number of carbonyl (C=O) groups excluding carboxylic acids is 2.